The van der Waals surface area contributed by atoms with E-state index in [0.717, 1.165) is 25.7 Å². The van der Waals surface area contributed by atoms with E-state index >= 15 is 0 Å². The van der Waals surface area contributed by atoms with E-state index in [1.54, 1.807) is 9.80 Å². The molecule has 0 spiro atoms. The molecule has 1 aromatic rings. The number of likely N-dealkylation sites (tertiary alicyclic amines) is 1. The van der Waals surface area contributed by atoms with Gasteiger partial charge in [0.15, 0.2) is 0 Å². The lowest BCUT2D eigenvalue weighted by Gasteiger charge is -2.32. The molecule has 0 radical (unpaired) electrons. The van der Waals surface area contributed by atoms with Crippen LogP contribution in [0.15, 0.2) is 18.2 Å². The minimum absolute atomic E-state index is 0.0266. The van der Waals surface area contributed by atoms with Crippen molar-refractivity contribution in [3.05, 3.63) is 35.4 Å². The van der Waals surface area contributed by atoms with Crippen molar-refractivity contribution in [2.75, 3.05) is 39.4 Å². The van der Waals surface area contributed by atoms with E-state index in [1.807, 2.05) is 0 Å². The molecule has 0 bridgehead atoms. The molecule has 2 aliphatic heterocycles. The smallest absolute Gasteiger partial charge is 0.224 e. The summed E-state index contributed by atoms with van der Waals surface area (Å²) in [5, 5.41) is 13.0. The fraction of sp³-hybridized carbons (Fsp3) is 0.667. The maximum absolute atomic E-state index is 14.1. The molecular formula is C27H36F2N4O3. The second-order valence-electron chi connectivity index (χ2n) is 10.5. The van der Waals surface area contributed by atoms with Crippen molar-refractivity contribution in [3.8, 4) is 6.07 Å². The number of nitriles is 1. The van der Waals surface area contributed by atoms with Gasteiger partial charge in [0.1, 0.15) is 17.2 Å². The topological polar surface area (TPSA) is 85.7 Å². The minimum atomic E-state index is -1.15. The molecule has 1 aliphatic carbocycles. The van der Waals surface area contributed by atoms with Gasteiger partial charge in [0, 0.05) is 50.6 Å². The lowest BCUT2D eigenvalue weighted by atomic mass is 9.81. The molecule has 0 aromatic heterocycles. The number of nitrogens with zero attached hydrogens (tertiary/aromatic N) is 3. The number of carbonyl (C=O) groups excluding carboxylic acids is 2. The summed E-state index contributed by atoms with van der Waals surface area (Å²) in [5.74, 6) is -1.68. The Morgan fingerprint density at radius 2 is 1.83 bits per heavy atom. The first kappa shape index (κ1) is 26.5. The first-order valence-corrected chi connectivity index (χ1v) is 13.1. The van der Waals surface area contributed by atoms with Gasteiger partial charge in [0.2, 0.25) is 11.8 Å². The molecule has 1 saturated carbocycles. The fourth-order valence-electron chi connectivity index (χ4n) is 5.75. The third-order valence-electron chi connectivity index (χ3n) is 7.87. The molecule has 196 valence electrons. The van der Waals surface area contributed by atoms with Crippen LogP contribution in [0.2, 0.25) is 0 Å². The highest BCUT2D eigenvalue weighted by molar-refractivity contribution is 5.86. The minimum Gasteiger partial charge on any atom is -0.378 e. The molecule has 4 rings (SSSR count). The van der Waals surface area contributed by atoms with Crippen LogP contribution in [-0.4, -0.2) is 66.5 Å². The molecule has 2 unspecified atom stereocenters. The van der Waals surface area contributed by atoms with Crippen molar-refractivity contribution in [1.82, 2.24) is 15.1 Å². The Labute approximate surface area is 211 Å². The number of nitrogens with one attached hydrogen (secondary N) is 1. The molecule has 1 N–H and O–H groups in total. The lowest BCUT2D eigenvalue weighted by molar-refractivity contribution is -0.140. The predicted octanol–water partition coefficient (Wildman–Crippen LogP) is 3.38. The first-order chi connectivity index (χ1) is 17.4. The third kappa shape index (κ3) is 6.60. The van der Waals surface area contributed by atoms with E-state index in [-0.39, 0.29) is 36.9 Å². The van der Waals surface area contributed by atoms with Crippen LogP contribution in [0.3, 0.4) is 0 Å². The average molecular weight is 503 g/mol. The SMILES string of the molecule is N#CC1(NC(=O)C(CC(=O)N2CCOCC2)CC2CCCCC2)CCN(Cc2c(F)cccc2F)C1. The van der Waals surface area contributed by atoms with Crippen molar-refractivity contribution in [3.63, 3.8) is 0 Å². The summed E-state index contributed by atoms with van der Waals surface area (Å²) in [6.45, 7) is 2.69. The normalized spacial score (nSPS) is 24.3. The van der Waals surface area contributed by atoms with E-state index in [9.17, 15) is 23.6 Å². The quantitative estimate of drug-likeness (QED) is 0.589. The number of halogens is 2. The molecule has 36 heavy (non-hydrogen) atoms. The molecule has 9 heteroatoms. The van der Waals surface area contributed by atoms with Crippen LogP contribution in [0.4, 0.5) is 8.78 Å². The maximum atomic E-state index is 14.1. The number of benzene rings is 1. The summed E-state index contributed by atoms with van der Waals surface area (Å²) in [7, 11) is 0. The highest BCUT2D eigenvalue weighted by Gasteiger charge is 2.42. The number of carbonyl (C=O) groups is 2. The second kappa shape index (κ2) is 12.1. The lowest BCUT2D eigenvalue weighted by Crippen LogP contribution is -2.52. The number of morpholine rings is 1. The third-order valence-corrected chi connectivity index (χ3v) is 7.87. The monoisotopic (exact) mass is 502 g/mol. The van der Waals surface area contributed by atoms with Crippen LogP contribution in [0.25, 0.3) is 0 Å². The second-order valence-corrected chi connectivity index (χ2v) is 10.5. The van der Waals surface area contributed by atoms with Gasteiger partial charge in [-0.25, -0.2) is 8.78 Å². The van der Waals surface area contributed by atoms with Crippen molar-refractivity contribution < 1.29 is 23.1 Å². The Morgan fingerprint density at radius 3 is 2.50 bits per heavy atom. The van der Waals surface area contributed by atoms with E-state index in [4.69, 9.17) is 4.74 Å². The highest BCUT2D eigenvalue weighted by atomic mass is 19.1. The number of ether oxygens (including phenoxy) is 1. The Kier molecular flexibility index (Phi) is 8.91. The molecule has 2 amide bonds. The van der Waals surface area contributed by atoms with Crippen LogP contribution < -0.4 is 5.32 Å². The summed E-state index contributed by atoms with van der Waals surface area (Å²) in [4.78, 5) is 30.1. The standard InChI is InChI=1S/C27H36F2N4O3/c28-23-7-4-8-24(29)22(23)17-32-10-9-27(18-30,19-32)31-26(35)21(15-20-5-2-1-3-6-20)16-25(34)33-11-13-36-14-12-33/h4,7-8,20-21H,1-3,5-6,9-17,19H2,(H,31,35). The Balaban J connectivity index is 1.42. The maximum Gasteiger partial charge on any atom is 0.224 e. The predicted molar refractivity (Wildman–Crippen MR) is 129 cm³/mol. The summed E-state index contributed by atoms with van der Waals surface area (Å²) >= 11 is 0. The van der Waals surface area contributed by atoms with Crippen LogP contribution in [-0.2, 0) is 20.9 Å². The number of hydrogen-bond acceptors (Lipinski definition) is 5. The van der Waals surface area contributed by atoms with Crippen LogP contribution >= 0.6 is 0 Å². The van der Waals surface area contributed by atoms with Gasteiger partial charge < -0.3 is 15.0 Å². The largest absolute Gasteiger partial charge is 0.378 e. The van der Waals surface area contributed by atoms with E-state index in [1.165, 1.54) is 24.6 Å². The Hall–Kier alpha value is -2.57. The molecule has 3 fully saturated rings. The first-order valence-electron chi connectivity index (χ1n) is 13.1. The van der Waals surface area contributed by atoms with Crippen LogP contribution in [0.5, 0.6) is 0 Å². The van der Waals surface area contributed by atoms with Gasteiger partial charge in [-0.05, 0) is 30.9 Å². The fourth-order valence-corrected chi connectivity index (χ4v) is 5.75. The van der Waals surface area contributed by atoms with E-state index < -0.39 is 23.1 Å². The van der Waals surface area contributed by atoms with Gasteiger partial charge in [-0.15, -0.1) is 0 Å². The molecule has 1 aromatic carbocycles. The average Bonchev–Trinajstić information content (AvgIpc) is 3.30. The molecular weight excluding hydrogens is 466 g/mol. The van der Waals surface area contributed by atoms with Gasteiger partial charge >= 0.3 is 0 Å². The number of amides is 2. The Morgan fingerprint density at radius 1 is 1.14 bits per heavy atom. The van der Waals surface area contributed by atoms with Crippen molar-refractivity contribution in [2.24, 2.45) is 11.8 Å². The van der Waals surface area contributed by atoms with Crippen molar-refractivity contribution >= 4 is 11.8 Å². The Bertz CT molecular complexity index is 952. The van der Waals surface area contributed by atoms with E-state index in [2.05, 4.69) is 11.4 Å². The molecule has 2 atom stereocenters. The molecule has 2 saturated heterocycles. The molecule has 3 aliphatic rings. The molecule has 7 nitrogen and oxygen atoms in total. The molecule has 2 heterocycles. The highest BCUT2D eigenvalue weighted by Crippen LogP contribution is 2.32. The van der Waals surface area contributed by atoms with Gasteiger partial charge in [-0.3, -0.25) is 14.5 Å². The zero-order chi connectivity index (χ0) is 25.5. The van der Waals surface area contributed by atoms with Crippen LogP contribution in [0.1, 0.15) is 56.9 Å². The van der Waals surface area contributed by atoms with Crippen molar-refractivity contribution in [1.29, 1.82) is 5.26 Å². The van der Waals surface area contributed by atoms with Crippen LogP contribution in [0, 0.1) is 34.8 Å². The summed E-state index contributed by atoms with van der Waals surface area (Å²) < 4.78 is 33.6. The van der Waals surface area contributed by atoms with Gasteiger partial charge in [0.25, 0.3) is 0 Å². The van der Waals surface area contributed by atoms with Gasteiger partial charge in [0.05, 0.1) is 19.3 Å². The zero-order valence-corrected chi connectivity index (χ0v) is 20.8. The number of rotatable bonds is 8. The number of hydrogen-bond donors (Lipinski definition) is 1. The summed E-state index contributed by atoms with van der Waals surface area (Å²) in [6, 6.07) is 6.01. The van der Waals surface area contributed by atoms with Gasteiger partial charge in [-0.2, -0.15) is 5.26 Å². The van der Waals surface area contributed by atoms with E-state index in [0.29, 0.717) is 51.6 Å². The summed E-state index contributed by atoms with van der Waals surface area (Å²) in [5.41, 5.74) is -1.19. The zero-order valence-electron chi connectivity index (χ0n) is 20.8. The van der Waals surface area contributed by atoms with Gasteiger partial charge in [-0.1, -0.05) is 38.2 Å². The van der Waals surface area contributed by atoms with Crippen molar-refractivity contribution in [2.45, 2.75) is 63.5 Å². The summed E-state index contributed by atoms with van der Waals surface area (Å²) in [6.07, 6.45) is 6.71.